The maximum Gasteiger partial charge on any atom is 0.411 e. The summed E-state index contributed by atoms with van der Waals surface area (Å²) in [6.07, 6.45) is 6.57. The lowest BCUT2D eigenvalue weighted by molar-refractivity contribution is -0.112. The van der Waals surface area contributed by atoms with Crippen molar-refractivity contribution in [2.75, 3.05) is 10.6 Å². The van der Waals surface area contributed by atoms with Crippen LogP contribution in [0.5, 0.6) is 0 Å². The molecule has 10 heteroatoms. The van der Waals surface area contributed by atoms with Gasteiger partial charge in [-0.1, -0.05) is 11.6 Å². The molecule has 2 aromatic heterocycles. The Morgan fingerprint density at radius 2 is 2.00 bits per heavy atom. The molecule has 0 spiro atoms. The third-order valence-electron chi connectivity index (χ3n) is 4.53. The van der Waals surface area contributed by atoms with Crippen LogP contribution in [0.25, 0.3) is 17.0 Å². The number of benzene rings is 1. The van der Waals surface area contributed by atoms with Gasteiger partial charge in [-0.3, -0.25) is 19.5 Å². The highest BCUT2D eigenvalue weighted by Crippen LogP contribution is 2.30. The molecule has 164 valence electrons. The number of aliphatic imine (C=N–C) groups is 1. The highest BCUT2D eigenvalue weighted by molar-refractivity contribution is 6.33. The van der Waals surface area contributed by atoms with Gasteiger partial charge >= 0.3 is 6.09 Å². The second kappa shape index (κ2) is 8.80. The maximum absolute atomic E-state index is 12.4. The molecule has 4 rings (SSSR count). The highest BCUT2D eigenvalue weighted by Gasteiger charge is 2.16. The molecule has 0 aliphatic carbocycles. The van der Waals surface area contributed by atoms with Gasteiger partial charge in [0.2, 0.25) is 5.78 Å². The number of carbonyl (C=O) groups is 2. The van der Waals surface area contributed by atoms with Crippen molar-refractivity contribution in [3.05, 3.63) is 53.6 Å². The summed E-state index contributed by atoms with van der Waals surface area (Å²) in [5.74, 6) is 0.144. The lowest BCUT2D eigenvalue weighted by Crippen LogP contribution is -2.18. The number of hydrogen-bond donors (Lipinski definition) is 2. The summed E-state index contributed by atoms with van der Waals surface area (Å²) < 4.78 is 6.75. The predicted molar refractivity (Wildman–Crippen MR) is 123 cm³/mol. The molecule has 2 amide bonds. The van der Waals surface area contributed by atoms with Crippen LogP contribution in [0, 0.1) is 0 Å². The first-order valence-electron chi connectivity index (χ1n) is 9.96. The van der Waals surface area contributed by atoms with E-state index in [9.17, 15) is 9.59 Å². The third-order valence-corrected chi connectivity index (χ3v) is 4.86. The molecule has 9 nitrogen and oxygen atoms in total. The zero-order valence-electron chi connectivity index (χ0n) is 17.7. The molecular formula is C22H21ClN6O3. The number of rotatable bonds is 5. The van der Waals surface area contributed by atoms with Gasteiger partial charge in [-0.25, -0.2) is 14.8 Å². The Morgan fingerprint density at radius 1 is 1.19 bits per heavy atom. The van der Waals surface area contributed by atoms with Crippen molar-refractivity contribution in [3.63, 3.8) is 0 Å². The zero-order chi connectivity index (χ0) is 22.8. The first-order chi connectivity index (χ1) is 15.3. The monoisotopic (exact) mass is 452 g/mol. The van der Waals surface area contributed by atoms with Crippen LogP contribution in [0.4, 0.5) is 16.2 Å². The Balaban J connectivity index is 1.57. The minimum Gasteiger partial charge on any atom is -0.447 e. The van der Waals surface area contributed by atoms with Gasteiger partial charge in [0.15, 0.2) is 0 Å². The first-order valence-corrected chi connectivity index (χ1v) is 10.3. The van der Waals surface area contributed by atoms with Crippen LogP contribution in [0.2, 0.25) is 5.02 Å². The van der Waals surface area contributed by atoms with Gasteiger partial charge in [0.05, 0.1) is 28.7 Å². The molecular weight excluding hydrogens is 432 g/mol. The summed E-state index contributed by atoms with van der Waals surface area (Å²) in [6, 6.07) is 5.15. The summed E-state index contributed by atoms with van der Waals surface area (Å²) in [4.78, 5) is 37.2. The molecule has 0 saturated carbocycles. The number of anilines is 2. The van der Waals surface area contributed by atoms with Crippen molar-refractivity contribution < 1.29 is 14.3 Å². The Bertz CT molecular complexity index is 1280. The van der Waals surface area contributed by atoms with E-state index in [0.29, 0.717) is 45.6 Å². The molecule has 3 heterocycles. The van der Waals surface area contributed by atoms with E-state index in [1.165, 1.54) is 6.20 Å². The van der Waals surface area contributed by atoms with Crippen molar-refractivity contribution in [3.8, 4) is 11.3 Å². The average molecular weight is 453 g/mol. The normalized spacial score (nSPS) is 13.2. The Morgan fingerprint density at radius 3 is 2.72 bits per heavy atom. The summed E-state index contributed by atoms with van der Waals surface area (Å²) in [5.41, 5.74) is 3.51. The molecule has 32 heavy (non-hydrogen) atoms. The molecule has 0 bridgehead atoms. The molecule has 0 saturated heterocycles. The molecule has 0 atom stereocenters. The van der Waals surface area contributed by atoms with Crippen LogP contribution in [-0.4, -0.2) is 38.2 Å². The van der Waals surface area contributed by atoms with E-state index in [4.69, 9.17) is 16.3 Å². The molecule has 2 N–H and O–H groups in total. The van der Waals surface area contributed by atoms with Gasteiger partial charge in [-0.2, -0.15) is 0 Å². The quantitative estimate of drug-likeness (QED) is 0.583. The van der Waals surface area contributed by atoms with Crippen molar-refractivity contribution in [2.24, 2.45) is 4.99 Å². The fourth-order valence-electron chi connectivity index (χ4n) is 3.12. The van der Waals surface area contributed by atoms with Crippen LogP contribution < -0.4 is 10.6 Å². The molecule has 0 unspecified atom stereocenters. The van der Waals surface area contributed by atoms with Gasteiger partial charge in [0, 0.05) is 35.8 Å². The van der Waals surface area contributed by atoms with Gasteiger partial charge in [-0.05, 0) is 45.0 Å². The maximum atomic E-state index is 12.4. The number of nitrogens with one attached hydrogen (secondary N) is 2. The topological polar surface area (TPSA) is 110 Å². The molecule has 1 aliphatic heterocycles. The number of nitrogens with zero attached hydrogens (tertiary/aromatic N) is 4. The second-order valence-corrected chi connectivity index (χ2v) is 7.95. The molecule has 0 fully saturated rings. The highest BCUT2D eigenvalue weighted by atomic mass is 35.5. The molecule has 1 aliphatic rings. The van der Waals surface area contributed by atoms with E-state index in [0.717, 1.165) is 5.71 Å². The van der Waals surface area contributed by atoms with E-state index in [1.54, 1.807) is 54.9 Å². The van der Waals surface area contributed by atoms with Crippen LogP contribution in [0.1, 0.15) is 27.2 Å². The van der Waals surface area contributed by atoms with Gasteiger partial charge in [0.1, 0.15) is 5.70 Å². The number of aromatic nitrogens is 3. The van der Waals surface area contributed by atoms with E-state index >= 15 is 0 Å². The van der Waals surface area contributed by atoms with E-state index in [1.807, 2.05) is 6.92 Å². The minimum absolute atomic E-state index is 0.234. The summed E-state index contributed by atoms with van der Waals surface area (Å²) in [6.45, 7) is 5.41. The fourth-order valence-corrected chi connectivity index (χ4v) is 3.33. The number of amides is 2. The second-order valence-electron chi connectivity index (χ2n) is 7.54. The summed E-state index contributed by atoms with van der Waals surface area (Å²) in [7, 11) is 0. The number of allylic oxidation sites excluding steroid dienone is 1. The first kappa shape index (κ1) is 21.5. The number of ether oxygens (including phenoxy) is 1. The van der Waals surface area contributed by atoms with Crippen molar-refractivity contribution >= 4 is 46.5 Å². The van der Waals surface area contributed by atoms with E-state index in [2.05, 4.69) is 25.6 Å². The number of halogens is 1. The Kier molecular flexibility index (Phi) is 5.91. The van der Waals surface area contributed by atoms with Crippen LogP contribution >= 0.6 is 11.6 Å². The molecule has 0 radical (unpaired) electrons. The van der Waals surface area contributed by atoms with Gasteiger partial charge < -0.3 is 10.1 Å². The lowest BCUT2D eigenvalue weighted by atomic mass is 10.1. The smallest absolute Gasteiger partial charge is 0.411 e. The van der Waals surface area contributed by atoms with E-state index < -0.39 is 6.09 Å². The Hall–Kier alpha value is -3.72. The van der Waals surface area contributed by atoms with Gasteiger partial charge in [-0.15, -0.1) is 0 Å². The zero-order valence-corrected chi connectivity index (χ0v) is 18.5. The summed E-state index contributed by atoms with van der Waals surface area (Å²) >= 11 is 6.40. The molecule has 1 aromatic carbocycles. The van der Waals surface area contributed by atoms with Crippen LogP contribution in [0.15, 0.2) is 53.6 Å². The number of fused-ring (bicyclic) bond motifs is 1. The van der Waals surface area contributed by atoms with Crippen molar-refractivity contribution in [2.45, 2.75) is 33.3 Å². The summed E-state index contributed by atoms with van der Waals surface area (Å²) in [5, 5.41) is 5.93. The van der Waals surface area contributed by atoms with E-state index in [-0.39, 0.29) is 12.0 Å². The Labute approximate surface area is 189 Å². The number of hydrogen-bond acceptors (Lipinski definition) is 6. The lowest BCUT2D eigenvalue weighted by Gasteiger charge is -2.09. The largest absolute Gasteiger partial charge is 0.447 e. The van der Waals surface area contributed by atoms with Gasteiger partial charge in [0.25, 0.3) is 5.91 Å². The SMILES string of the molecule is CC1=NC(C(=O)Nc2ccc(Cl)c(-c3cn4cc(NC(=O)OC(C)C)cnc4n3)c2)=CC1. The van der Waals surface area contributed by atoms with Crippen LogP contribution in [0.3, 0.4) is 0 Å². The van der Waals surface area contributed by atoms with Crippen LogP contribution in [-0.2, 0) is 9.53 Å². The minimum atomic E-state index is -0.565. The fraction of sp³-hybridized carbons (Fsp3) is 0.227. The number of carbonyl (C=O) groups excluding carboxylic acids is 2. The number of imidazole rings is 1. The molecule has 3 aromatic rings. The predicted octanol–water partition coefficient (Wildman–Crippen LogP) is 4.69. The average Bonchev–Trinajstić information content (AvgIpc) is 3.34. The van der Waals surface area contributed by atoms with Crippen molar-refractivity contribution in [1.29, 1.82) is 0 Å². The standard InChI is InChI=1S/C22H21ClN6O3/c1-12(2)32-22(31)27-15-9-24-21-28-19(11-29(21)10-15)16-8-14(5-6-17(16)23)26-20(30)18-7-4-13(3)25-18/h5-12H,4H2,1-3H3,(H,26,30)(H,27,31). The van der Waals surface area contributed by atoms with Crippen molar-refractivity contribution in [1.82, 2.24) is 14.4 Å². The third kappa shape index (κ3) is 4.78.